The van der Waals surface area contributed by atoms with Crippen LogP contribution in [0.5, 0.6) is 0 Å². The minimum Gasteiger partial charge on any atom is -0.456 e. The third-order valence-electron chi connectivity index (χ3n) is 9.67. The number of nitrogens with zero attached hydrogens (tertiary/aromatic N) is 1. The summed E-state index contributed by atoms with van der Waals surface area (Å²) in [5, 5.41) is 7.54. The normalized spacial score (nSPS) is 11.7. The van der Waals surface area contributed by atoms with Crippen LogP contribution in [-0.4, -0.2) is 0 Å². The summed E-state index contributed by atoms with van der Waals surface area (Å²) in [7, 11) is 0. The summed E-state index contributed by atoms with van der Waals surface area (Å²) in [5.74, 6) is 0. The molecule has 2 aromatic heterocycles. The summed E-state index contributed by atoms with van der Waals surface area (Å²) >= 11 is 1.87. The topological polar surface area (TPSA) is 16.4 Å². The van der Waals surface area contributed by atoms with Crippen LogP contribution in [0.15, 0.2) is 180 Å². The van der Waals surface area contributed by atoms with Crippen molar-refractivity contribution in [3.05, 3.63) is 176 Å². The second-order valence-corrected chi connectivity index (χ2v) is 13.6. The van der Waals surface area contributed by atoms with Crippen molar-refractivity contribution < 1.29 is 4.42 Å². The first-order valence-corrected chi connectivity index (χ1v) is 17.4. The number of hydrogen-bond acceptors (Lipinski definition) is 3. The quantitative estimate of drug-likeness (QED) is 0.186. The molecule has 10 aromatic rings. The molecule has 2 heterocycles. The number of para-hydroxylation sites is 1. The molecular weight excluding hydrogens is 615 g/mol. The Balaban J connectivity index is 1.06. The average molecular weight is 644 g/mol. The van der Waals surface area contributed by atoms with Crippen LogP contribution in [0.1, 0.15) is 0 Å². The molecule has 230 valence electrons. The van der Waals surface area contributed by atoms with Gasteiger partial charge in [-0.3, -0.25) is 0 Å². The van der Waals surface area contributed by atoms with E-state index >= 15 is 0 Å². The van der Waals surface area contributed by atoms with Gasteiger partial charge < -0.3 is 9.32 Å². The molecule has 0 atom stereocenters. The second kappa shape index (κ2) is 11.2. The van der Waals surface area contributed by atoms with E-state index in [0.29, 0.717) is 0 Å². The van der Waals surface area contributed by atoms with E-state index in [9.17, 15) is 0 Å². The second-order valence-electron chi connectivity index (χ2n) is 12.5. The van der Waals surface area contributed by atoms with Gasteiger partial charge in [0.2, 0.25) is 0 Å². The Hall–Kier alpha value is -6.16. The van der Waals surface area contributed by atoms with Crippen LogP contribution in [0.4, 0.5) is 17.1 Å². The number of hydrogen-bond donors (Lipinski definition) is 0. The first kappa shape index (κ1) is 27.9. The molecule has 0 unspecified atom stereocenters. The summed E-state index contributed by atoms with van der Waals surface area (Å²) in [6.07, 6.45) is 0. The first-order valence-electron chi connectivity index (χ1n) is 16.6. The van der Waals surface area contributed by atoms with Crippen LogP contribution in [-0.2, 0) is 0 Å². The standard InChI is InChI=1S/C46H29NOS/c1-2-8-30(9-3-1)31-14-20-35(21-15-31)47(37-24-26-40-39-12-6-7-13-42(39)48-43(40)29-37)36-22-16-32(17-23-36)34-18-25-41-45(28-34)49-44-27-19-33-10-4-5-11-38(33)46(41)44/h1-29H. The number of furan rings is 1. The van der Waals surface area contributed by atoms with Crippen molar-refractivity contribution in [2.75, 3.05) is 4.90 Å². The number of thiophene rings is 1. The third-order valence-corrected chi connectivity index (χ3v) is 10.8. The van der Waals surface area contributed by atoms with E-state index in [-0.39, 0.29) is 0 Å². The number of rotatable bonds is 5. The number of benzene rings is 8. The molecule has 0 bridgehead atoms. The van der Waals surface area contributed by atoms with Crippen molar-refractivity contribution in [2.45, 2.75) is 0 Å². The molecule has 10 rings (SSSR count). The molecule has 0 aliphatic carbocycles. The van der Waals surface area contributed by atoms with E-state index in [1.54, 1.807) is 0 Å². The lowest BCUT2D eigenvalue weighted by Crippen LogP contribution is -2.09. The molecule has 0 N–H and O–H groups in total. The van der Waals surface area contributed by atoms with E-state index < -0.39 is 0 Å². The summed E-state index contributed by atoms with van der Waals surface area (Å²) in [6, 6.07) is 63.2. The SMILES string of the molecule is c1ccc(-c2ccc(N(c3ccc(-c4ccc5c(c4)sc4ccc6ccccc6c45)cc3)c3ccc4c(c3)oc3ccccc34)cc2)cc1. The van der Waals surface area contributed by atoms with Crippen LogP contribution in [0.3, 0.4) is 0 Å². The lowest BCUT2D eigenvalue weighted by molar-refractivity contribution is 0.669. The molecule has 0 aliphatic rings. The molecule has 49 heavy (non-hydrogen) atoms. The summed E-state index contributed by atoms with van der Waals surface area (Å²) < 4.78 is 8.97. The van der Waals surface area contributed by atoms with Gasteiger partial charge in [0.25, 0.3) is 0 Å². The Morgan fingerprint density at radius 1 is 0.367 bits per heavy atom. The molecule has 0 spiro atoms. The monoisotopic (exact) mass is 643 g/mol. The van der Waals surface area contributed by atoms with Crippen LogP contribution < -0.4 is 4.90 Å². The van der Waals surface area contributed by atoms with Gasteiger partial charge in [-0.1, -0.05) is 115 Å². The van der Waals surface area contributed by atoms with E-state index in [0.717, 1.165) is 39.0 Å². The molecule has 0 radical (unpaired) electrons. The van der Waals surface area contributed by atoms with Crippen LogP contribution in [0.25, 0.3) is 75.1 Å². The summed E-state index contributed by atoms with van der Waals surface area (Å²) in [4.78, 5) is 2.31. The summed E-state index contributed by atoms with van der Waals surface area (Å²) in [5.41, 5.74) is 9.81. The summed E-state index contributed by atoms with van der Waals surface area (Å²) in [6.45, 7) is 0. The predicted molar refractivity (Wildman–Crippen MR) is 210 cm³/mol. The third kappa shape index (κ3) is 4.70. The number of anilines is 3. The molecule has 0 amide bonds. The Morgan fingerprint density at radius 2 is 0.959 bits per heavy atom. The Morgan fingerprint density at radius 3 is 1.76 bits per heavy atom. The van der Waals surface area contributed by atoms with Gasteiger partial charge in [0, 0.05) is 54.1 Å². The van der Waals surface area contributed by atoms with Crippen LogP contribution in [0.2, 0.25) is 0 Å². The Kier molecular flexibility index (Phi) is 6.39. The molecule has 0 saturated carbocycles. The molecule has 0 fully saturated rings. The molecule has 3 heteroatoms. The highest BCUT2D eigenvalue weighted by Gasteiger charge is 2.17. The maximum absolute atomic E-state index is 6.32. The van der Waals surface area contributed by atoms with Gasteiger partial charge in [-0.25, -0.2) is 0 Å². The fourth-order valence-corrected chi connectivity index (χ4v) is 8.42. The fraction of sp³-hybridized carbons (Fsp3) is 0. The Bertz CT molecular complexity index is 2810. The maximum Gasteiger partial charge on any atom is 0.137 e. The Labute approximate surface area is 287 Å². The molecule has 2 nitrogen and oxygen atoms in total. The van der Waals surface area contributed by atoms with Crippen molar-refractivity contribution in [1.82, 2.24) is 0 Å². The van der Waals surface area contributed by atoms with Gasteiger partial charge >= 0.3 is 0 Å². The van der Waals surface area contributed by atoms with Crippen molar-refractivity contribution in [3.63, 3.8) is 0 Å². The zero-order valence-electron chi connectivity index (χ0n) is 26.5. The minimum atomic E-state index is 0.880. The van der Waals surface area contributed by atoms with E-state index in [4.69, 9.17) is 4.42 Å². The van der Waals surface area contributed by atoms with Gasteiger partial charge in [0.1, 0.15) is 11.2 Å². The fourth-order valence-electron chi connectivity index (χ4n) is 7.26. The van der Waals surface area contributed by atoms with Gasteiger partial charge in [-0.2, -0.15) is 0 Å². The lowest BCUT2D eigenvalue weighted by Gasteiger charge is -2.26. The average Bonchev–Trinajstić information content (AvgIpc) is 3.74. The highest BCUT2D eigenvalue weighted by atomic mass is 32.1. The molecule has 0 aliphatic heterocycles. The predicted octanol–water partition coefficient (Wildman–Crippen LogP) is 13.9. The van der Waals surface area contributed by atoms with Crippen molar-refractivity contribution in [1.29, 1.82) is 0 Å². The lowest BCUT2D eigenvalue weighted by atomic mass is 10.0. The maximum atomic E-state index is 6.32. The highest BCUT2D eigenvalue weighted by Crippen LogP contribution is 2.42. The largest absolute Gasteiger partial charge is 0.456 e. The zero-order chi connectivity index (χ0) is 32.3. The zero-order valence-corrected chi connectivity index (χ0v) is 27.3. The van der Waals surface area contributed by atoms with Crippen molar-refractivity contribution in [3.8, 4) is 22.3 Å². The van der Waals surface area contributed by atoms with Gasteiger partial charge in [-0.15, -0.1) is 11.3 Å². The highest BCUT2D eigenvalue weighted by molar-refractivity contribution is 7.26. The minimum absolute atomic E-state index is 0.880. The van der Waals surface area contributed by atoms with Gasteiger partial charge in [-0.05, 0) is 87.6 Å². The van der Waals surface area contributed by atoms with E-state index in [1.165, 1.54) is 53.2 Å². The number of fused-ring (bicyclic) bond motifs is 8. The smallest absolute Gasteiger partial charge is 0.137 e. The van der Waals surface area contributed by atoms with Gasteiger partial charge in [0.05, 0.1) is 0 Å². The molecular formula is C46H29NOS. The molecule has 8 aromatic carbocycles. The molecule has 0 saturated heterocycles. The first-order chi connectivity index (χ1) is 24.3. The van der Waals surface area contributed by atoms with E-state index in [1.807, 2.05) is 23.5 Å². The van der Waals surface area contributed by atoms with Crippen LogP contribution >= 0.6 is 11.3 Å². The van der Waals surface area contributed by atoms with E-state index in [2.05, 4.69) is 169 Å². The van der Waals surface area contributed by atoms with Crippen molar-refractivity contribution >= 4 is 81.3 Å². The van der Waals surface area contributed by atoms with Crippen molar-refractivity contribution in [2.24, 2.45) is 0 Å². The van der Waals surface area contributed by atoms with Gasteiger partial charge in [0.15, 0.2) is 0 Å². The van der Waals surface area contributed by atoms with Crippen LogP contribution in [0, 0.1) is 0 Å².